The van der Waals surface area contributed by atoms with E-state index >= 15 is 0 Å². The topological polar surface area (TPSA) is 39.4 Å². The van der Waals surface area contributed by atoms with Crippen molar-refractivity contribution in [1.82, 2.24) is 14.4 Å². The molecule has 1 aromatic carbocycles. The van der Waals surface area contributed by atoms with Crippen molar-refractivity contribution in [3.63, 3.8) is 0 Å². The lowest BCUT2D eigenvalue weighted by Crippen LogP contribution is -1.96. The Morgan fingerprint density at radius 1 is 1.00 bits per heavy atom. The van der Waals surface area contributed by atoms with Gasteiger partial charge in [0.2, 0.25) is 0 Å². The Balaban J connectivity index is 1.63. The highest BCUT2D eigenvalue weighted by molar-refractivity contribution is 5.84. The molecule has 0 bridgehead atoms. The summed E-state index contributed by atoms with van der Waals surface area (Å²) in [6.07, 6.45) is 5.74. The fraction of sp³-hybridized carbons (Fsp3) is 0.0588. The first-order valence-electron chi connectivity index (χ1n) is 6.79. The highest BCUT2D eigenvalue weighted by atomic mass is 16.5. The van der Waals surface area contributed by atoms with Gasteiger partial charge in [-0.3, -0.25) is 4.98 Å². The number of aromatic nitrogens is 3. The lowest BCUT2D eigenvalue weighted by atomic mass is 10.2. The molecule has 0 atom stereocenters. The van der Waals surface area contributed by atoms with E-state index in [9.17, 15) is 0 Å². The fourth-order valence-corrected chi connectivity index (χ4v) is 2.40. The van der Waals surface area contributed by atoms with E-state index in [2.05, 4.69) is 9.97 Å². The number of nitrogens with zero attached hydrogens (tertiary/aromatic N) is 3. The Bertz CT molecular complexity index is 876. The second-order valence-electron chi connectivity index (χ2n) is 4.82. The number of fused-ring (bicyclic) bond motifs is 2. The van der Waals surface area contributed by atoms with Crippen LogP contribution in [0.4, 0.5) is 0 Å². The molecule has 0 unspecified atom stereocenters. The van der Waals surface area contributed by atoms with Crippen molar-refractivity contribution in [3.8, 4) is 5.75 Å². The van der Waals surface area contributed by atoms with Crippen molar-refractivity contribution in [2.75, 3.05) is 0 Å². The molecule has 0 amide bonds. The fourth-order valence-electron chi connectivity index (χ4n) is 2.40. The monoisotopic (exact) mass is 275 g/mol. The maximum Gasteiger partial charge on any atom is 0.146 e. The number of imidazole rings is 1. The zero-order valence-electron chi connectivity index (χ0n) is 11.3. The molecule has 102 valence electrons. The van der Waals surface area contributed by atoms with Crippen LogP contribution in [0.25, 0.3) is 16.6 Å². The SMILES string of the molecule is c1cnc2c(OCc3cn4ccccc4n3)cccc2c1. The zero-order chi connectivity index (χ0) is 14.1. The van der Waals surface area contributed by atoms with Crippen LogP contribution in [-0.4, -0.2) is 14.4 Å². The van der Waals surface area contributed by atoms with E-state index in [-0.39, 0.29) is 0 Å². The summed E-state index contributed by atoms with van der Waals surface area (Å²) in [5.74, 6) is 0.783. The molecular formula is C17H13N3O. The minimum absolute atomic E-state index is 0.428. The summed E-state index contributed by atoms with van der Waals surface area (Å²) in [5.41, 5.74) is 2.70. The van der Waals surface area contributed by atoms with Crippen LogP contribution < -0.4 is 4.74 Å². The van der Waals surface area contributed by atoms with Gasteiger partial charge in [-0.1, -0.05) is 24.3 Å². The molecule has 0 spiro atoms. The Labute approximate surface area is 121 Å². The molecule has 21 heavy (non-hydrogen) atoms. The highest BCUT2D eigenvalue weighted by Gasteiger charge is 2.05. The summed E-state index contributed by atoms with van der Waals surface area (Å²) >= 11 is 0. The Kier molecular flexibility index (Phi) is 2.78. The quantitative estimate of drug-likeness (QED) is 0.575. The summed E-state index contributed by atoms with van der Waals surface area (Å²) in [6.45, 7) is 0.428. The molecule has 4 nitrogen and oxygen atoms in total. The smallest absolute Gasteiger partial charge is 0.146 e. The molecule has 4 rings (SSSR count). The first-order chi connectivity index (χ1) is 10.4. The normalized spacial score (nSPS) is 11.0. The first-order valence-corrected chi connectivity index (χ1v) is 6.79. The van der Waals surface area contributed by atoms with Gasteiger partial charge in [-0.15, -0.1) is 0 Å². The van der Waals surface area contributed by atoms with E-state index in [0.717, 1.165) is 28.0 Å². The molecule has 4 heteroatoms. The number of hydrogen-bond donors (Lipinski definition) is 0. The van der Waals surface area contributed by atoms with Crippen molar-refractivity contribution in [1.29, 1.82) is 0 Å². The second-order valence-corrected chi connectivity index (χ2v) is 4.82. The predicted molar refractivity (Wildman–Crippen MR) is 81.3 cm³/mol. The maximum atomic E-state index is 5.90. The molecule has 3 heterocycles. The number of benzene rings is 1. The Hall–Kier alpha value is -2.88. The van der Waals surface area contributed by atoms with Gasteiger partial charge in [-0.25, -0.2) is 4.98 Å². The van der Waals surface area contributed by atoms with Crippen LogP contribution in [0.3, 0.4) is 0 Å². The van der Waals surface area contributed by atoms with Crippen LogP contribution in [0, 0.1) is 0 Å². The summed E-state index contributed by atoms with van der Waals surface area (Å²) in [4.78, 5) is 8.91. The molecule has 0 saturated heterocycles. The third-order valence-corrected chi connectivity index (χ3v) is 3.39. The third kappa shape index (κ3) is 2.21. The minimum atomic E-state index is 0.428. The average Bonchev–Trinajstić information content (AvgIpc) is 2.96. The first kappa shape index (κ1) is 11.9. The van der Waals surface area contributed by atoms with Gasteiger partial charge in [-0.05, 0) is 24.3 Å². The summed E-state index contributed by atoms with van der Waals surface area (Å²) in [5, 5.41) is 1.07. The van der Waals surface area contributed by atoms with Crippen molar-refractivity contribution in [2.45, 2.75) is 6.61 Å². The molecule has 0 radical (unpaired) electrons. The van der Waals surface area contributed by atoms with Crippen molar-refractivity contribution in [3.05, 3.63) is 72.8 Å². The van der Waals surface area contributed by atoms with Crippen LogP contribution >= 0.6 is 0 Å². The summed E-state index contributed by atoms with van der Waals surface area (Å²) in [7, 11) is 0. The summed E-state index contributed by atoms with van der Waals surface area (Å²) in [6, 6.07) is 15.8. The molecule has 0 saturated carbocycles. The van der Waals surface area contributed by atoms with Crippen LogP contribution in [0.5, 0.6) is 5.75 Å². The highest BCUT2D eigenvalue weighted by Crippen LogP contribution is 2.23. The van der Waals surface area contributed by atoms with E-state index in [4.69, 9.17) is 4.74 Å². The largest absolute Gasteiger partial charge is 0.485 e. The maximum absolute atomic E-state index is 5.90. The van der Waals surface area contributed by atoms with Gasteiger partial charge in [0.05, 0.1) is 5.69 Å². The predicted octanol–water partition coefficient (Wildman–Crippen LogP) is 3.46. The van der Waals surface area contributed by atoms with Crippen LogP contribution in [-0.2, 0) is 6.61 Å². The number of para-hydroxylation sites is 1. The second kappa shape index (κ2) is 4.90. The van der Waals surface area contributed by atoms with Gasteiger partial charge in [0.1, 0.15) is 23.5 Å². The van der Waals surface area contributed by atoms with Crippen LogP contribution in [0.15, 0.2) is 67.1 Å². The molecule has 0 fully saturated rings. The average molecular weight is 275 g/mol. The number of rotatable bonds is 3. The lowest BCUT2D eigenvalue weighted by molar-refractivity contribution is 0.305. The van der Waals surface area contributed by atoms with Crippen molar-refractivity contribution >= 4 is 16.6 Å². The van der Waals surface area contributed by atoms with Crippen LogP contribution in [0.2, 0.25) is 0 Å². The van der Waals surface area contributed by atoms with E-state index in [0.29, 0.717) is 6.61 Å². The number of pyridine rings is 2. The Morgan fingerprint density at radius 3 is 2.90 bits per heavy atom. The molecule has 0 N–H and O–H groups in total. The van der Waals surface area contributed by atoms with Gasteiger partial charge in [0, 0.05) is 24.0 Å². The molecule has 0 aliphatic rings. The van der Waals surface area contributed by atoms with Gasteiger partial charge < -0.3 is 9.14 Å². The van der Waals surface area contributed by atoms with Crippen LogP contribution in [0.1, 0.15) is 5.69 Å². The van der Waals surface area contributed by atoms with Gasteiger partial charge >= 0.3 is 0 Å². The molecular weight excluding hydrogens is 262 g/mol. The van der Waals surface area contributed by atoms with Gasteiger partial charge in [-0.2, -0.15) is 0 Å². The molecule has 0 aliphatic carbocycles. The number of hydrogen-bond acceptors (Lipinski definition) is 3. The van der Waals surface area contributed by atoms with Crippen molar-refractivity contribution < 1.29 is 4.74 Å². The zero-order valence-corrected chi connectivity index (χ0v) is 11.3. The van der Waals surface area contributed by atoms with Gasteiger partial charge in [0.25, 0.3) is 0 Å². The van der Waals surface area contributed by atoms with E-state index in [1.807, 2.05) is 65.3 Å². The lowest BCUT2D eigenvalue weighted by Gasteiger charge is -2.06. The molecule has 3 aromatic heterocycles. The van der Waals surface area contributed by atoms with E-state index in [1.54, 1.807) is 6.20 Å². The molecule has 4 aromatic rings. The van der Waals surface area contributed by atoms with E-state index < -0.39 is 0 Å². The standard InChI is InChI=1S/C17H13N3O/c1-2-10-20-11-14(19-16(20)8-1)12-21-15-7-3-5-13-6-4-9-18-17(13)15/h1-11H,12H2. The minimum Gasteiger partial charge on any atom is -0.485 e. The van der Waals surface area contributed by atoms with E-state index in [1.165, 1.54) is 0 Å². The Morgan fingerprint density at radius 2 is 1.95 bits per heavy atom. The van der Waals surface area contributed by atoms with Gasteiger partial charge in [0.15, 0.2) is 0 Å². The summed E-state index contributed by atoms with van der Waals surface area (Å²) < 4.78 is 7.88. The third-order valence-electron chi connectivity index (χ3n) is 3.39. The molecule has 0 aliphatic heterocycles. The number of ether oxygens (including phenoxy) is 1. The van der Waals surface area contributed by atoms with Crippen molar-refractivity contribution in [2.24, 2.45) is 0 Å².